The lowest BCUT2D eigenvalue weighted by Crippen LogP contribution is -2.05. The number of hydrogen-bond donors (Lipinski definition) is 0. The van der Waals surface area contributed by atoms with Crippen molar-refractivity contribution in [2.24, 2.45) is 0 Å². The highest BCUT2D eigenvalue weighted by Gasteiger charge is 2.38. The van der Waals surface area contributed by atoms with E-state index in [1.807, 2.05) is 6.92 Å². The topological polar surface area (TPSA) is 38.8 Å². The van der Waals surface area contributed by atoms with Crippen molar-refractivity contribution >= 4 is 5.97 Å². The minimum Gasteiger partial charge on any atom is -0.469 e. The zero-order chi connectivity index (χ0) is 7.56. The van der Waals surface area contributed by atoms with E-state index in [-0.39, 0.29) is 12.1 Å². The molecule has 2 atom stereocenters. The highest BCUT2D eigenvalue weighted by molar-refractivity contribution is 5.70. The molecule has 0 spiro atoms. The zero-order valence-electron chi connectivity index (χ0n) is 6.29. The van der Waals surface area contributed by atoms with Gasteiger partial charge in [-0.3, -0.25) is 4.79 Å². The van der Waals surface area contributed by atoms with Gasteiger partial charge in [-0.15, -0.1) is 0 Å². The second-order valence-electron chi connectivity index (χ2n) is 2.40. The Morgan fingerprint density at radius 1 is 1.60 bits per heavy atom. The number of carbonyl (C=O) groups excluding carboxylic acids is 1. The summed E-state index contributed by atoms with van der Waals surface area (Å²) in [7, 11) is 1.39. The molecule has 1 heterocycles. The van der Waals surface area contributed by atoms with Gasteiger partial charge < -0.3 is 9.47 Å². The SMILES string of the molecule is CC[C@H]1O[C@H]1CC(=O)OC. The van der Waals surface area contributed by atoms with Gasteiger partial charge in [0.2, 0.25) is 0 Å². The Hall–Kier alpha value is -0.570. The fourth-order valence-electron chi connectivity index (χ4n) is 0.965. The van der Waals surface area contributed by atoms with Crippen LogP contribution in [0, 0.1) is 0 Å². The molecule has 0 aromatic heterocycles. The van der Waals surface area contributed by atoms with Crippen LogP contribution in [0.3, 0.4) is 0 Å². The van der Waals surface area contributed by atoms with E-state index in [1.165, 1.54) is 7.11 Å². The molecule has 1 fully saturated rings. The van der Waals surface area contributed by atoms with Gasteiger partial charge in [-0.1, -0.05) is 6.92 Å². The van der Waals surface area contributed by atoms with Crippen LogP contribution in [0.1, 0.15) is 19.8 Å². The summed E-state index contributed by atoms with van der Waals surface area (Å²) in [5.41, 5.74) is 0. The Morgan fingerprint density at radius 3 is 2.70 bits per heavy atom. The molecule has 3 heteroatoms. The summed E-state index contributed by atoms with van der Waals surface area (Å²) in [6.45, 7) is 2.04. The molecule has 10 heavy (non-hydrogen) atoms. The molecule has 1 aliphatic rings. The van der Waals surface area contributed by atoms with Crippen molar-refractivity contribution in [1.82, 2.24) is 0 Å². The van der Waals surface area contributed by atoms with Gasteiger partial charge in [-0.25, -0.2) is 0 Å². The molecule has 0 saturated carbocycles. The molecule has 1 rings (SSSR count). The molecular weight excluding hydrogens is 132 g/mol. The normalized spacial score (nSPS) is 29.8. The molecule has 0 unspecified atom stereocenters. The Kier molecular flexibility index (Phi) is 2.27. The number of esters is 1. The molecule has 0 bridgehead atoms. The number of hydrogen-bond acceptors (Lipinski definition) is 3. The average Bonchev–Trinajstić information content (AvgIpc) is 2.67. The number of methoxy groups -OCH3 is 1. The predicted octanol–water partition coefficient (Wildman–Crippen LogP) is 0.727. The predicted molar refractivity (Wildman–Crippen MR) is 35.6 cm³/mol. The van der Waals surface area contributed by atoms with Crippen molar-refractivity contribution in [1.29, 1.82) is 0 Å². The van der Waals surface area contributed by atoms with Crippen molar-refractivity contribution in [2.75, 3.05) is 7.11 Å². The fraction of sp³-hybridized carbons (Fsp3) is 0.857. The van der Waals surface area contributed by atoms with E-state index in [0.29, 0.717) is 12.5 Å². The smallest absolute Gasteiger partial charge is 0.308 e. The van der Waals surface area contributed by atoms with Crippen LogP contribution in [0.25, 0.3) is 0 Å². The van der Waals surface area contributed by atoms with Gasteiger partial charge in [0.15, 0.2) is 0 Å². The molecule has 0 aromatic carbocycles. The van der Waals surface area contributed by atoms with Gasteiger partial charge in [0.1, 0.15) is 0 Å². The number of ether oxygens (including phenoxy) is 2. The van der Waals surface area contributed by atoms with E-state index < -0.39 is 0 Å². The van der Waals surface area contributed by atoms with Gasteiger partial charge in [0.05, 0.1) is 25.7 Å². The summed E-state index contributed by atoms with van der Waals surface area (Å²) in [5.74, 6) is -0.180. The molecule has 0 amide bonds. The largest absolute Gasteiger partial charge is 0.469 e. The van der Waals surface area contributed by atoms with Crippen molar-refractivity contribution < 1.29 is 14.3 Å². The first-order chi connectivity index (χ1) is 4.77. The third kappa shape index (κ3) is 1.70. The van der Waals surface area contributed by atoms with Crippen LogP contribution >= 0.6 is 0 Å². The van der Waals surface area contributed by atoms with E-state index in [0.717, 1.165) is 6.42 Å². The second kappa shape index (κ2) is 3.01. The summed E-state index contributed by atoms with van der Waals surface area (Å²) < 4.78 is 9.61. The van der Waals surface area contributed by atoms with Crippen LogP contribution in [-0.4, -0.2) is 25.3 Å². The highest BCUT2D eigenvalue weighted by Crippen LogP contribution is 2.27. The van der Waals surface area contributed by atoms with Crippen molar-refractivity contribution in [3.8, 4) is 0 Å². The molecule has 1 saturated heterocycles. The molecular formula is C7H12O3. The van der Waals surface area contributed by atoms with E-state index in [4.69, 9.17) is 4.74 Å². The molecule has 0 N–H and O–H groups in total. The summed E-state index contributed by atoms with van der Waals surface area (Å²) in [4.78, 5) is 10.6. The van der Waals surface area contributed by atoms with E-state index in [9.17, 15) is 4.79 Å². The van der Waals surface area contributed by atoms with Gasteiger partial charge in [0, 0.05) is 0 Å². The van der Waals surface area contributed by atoms with Crippen molar-refractivity contribution in [3.63, 3.8) is 0 Å². The van der Waals surface area contributed by atoms with Crippen LogP contribution in [0.15, 0.2) is 0 Å². The third-order valence-electron chi connectivity index (χ3n) is 1.69. The van der Waals surface area contributed by atoms with Crippen molar-refractivity contribution in [2.45, 2.75) is 32.0 Å². The van der Waals surface area contributed by atoms with Gasteiger partial charge in [-0.05, 0) is 6.42 Å². The lowest BCUT2D eigenvalue weighted by Gasteiger charge is -1.92. The molecule has 0 radical (unpaired) electrons. The summed E-state index contributed by atoms with van der Waals surface area (Å²) in [5, 5.41) is 0. The Morgan fingerprint density at radius 2 is 2.30 bits per heavy atom. The molecule has 1 aliphatic heterocycles. The lowest BCUT2D eigenvalue weighted by atomic mass is 10.2. The maximum atomic E-state index is 10.6. The number of carbonyl (C=O) groups is 1. The second-order valence-corrected chi connectivity index (χ2v) is 2.40. The first kappa shape index (κ1) is 7.54. The van der Waals surface area contributed by atoms with Crippen LogP contribution in [0.5, 0.6) is 0 Å². The van der Waals surface area contributed by atoms with Crippen molar-refractivity contribution in [3.05, 3.63) is 0 Å². The average molecular weight is 144 g/mol. The monoisotopic (exact) mass is 144 g/mol. The minimum atomic E-state index is -0.180. The first-order valence-electron chi connectivity index (χ1n) is 3.50. The van der Waals surface area contributed by atoms with Crippen LogP contribution in [0.4, 0.5) is 0 Å². The Labute approximate surface area is 60.3 Å². The van der Waals surface area contributed by atoms with Gasteiger partial charge >= 0.3 is 5.97 Å². The maximum absolute atomic E-state index is 10.6. The van der Waals surface area contributed by atoms with Crippen LogP contribution in [0.2, 0.25) is 0 Å². The number of rotatable bonds is 3. The Balaban J connectivity index is 2.11. The third-order valence-corrected chi connectivity index (χ3v) is 1.69. The summed E-state index contributed by atoms with van der Waals surface area (Å²) in [6.07, 6.45) is 1.84. The lowest BCUT2D eigenvalue weighted by molar-refractivity contribution is -0.140. The van der Waals surface area contributed by atoms with E-state index in [1.54, 1.807) is 0 Å². The van der Waals surface area contributed by atoms with E-state index >= 15 is 0 Å². The Bertz CT molecular complexity index is 133. The quantitative estimate of drug-likeness (QED) is 0.433. The maximum Gasteiger partial charge on any atom is 0.308 e. The highest BCUT2D eigenvalue weighted by atomic mass is 16.6. The molecule has 58 valence electrons. The van der Waals surface area contributed by atoms with Crippen LogP contribution < -0.4 is 0 Å². The molecule has 0 aliphatic carbocycles. The molecule has 0 aromatic rings. The fourth-order valence-corrected chi connectivity index (χ4v) is 0.965. The van der Waals surface area contributed by atoms with Crippen LogP contribution in [-0.2, 0) is 14.3 Å². The van der Waals surface area contributed by atoms with E-state index in [2.05, 4.69) is 4.74 Å². The standard InChI is InChI=1S/C7H12O3/c1-3-5-6(10-5)4-7(8)9-2/h5-6H,3-4H2,1-2H3/t5-,6+/m1/s1. The van der Waals surface area contributed by atoms with Gasteiger partial charge in [0.25, 0.3) is 0 Å². The van der Waals surface area contributed by atoms with Gasteiger partial charge in [-0.2, -0.15) is 0 Å². The summed E-state index contributed by atoms with van der Waals surface area (Å²) in [6, 6.07) is 0. The molecule has 3 nitrogen and oxygen atoms in total. The number of epoxide rings is 1. The first-order valence-corrected chi connectivity index (χ1v) is 3.50. The summed E-state index contributed by atoms with van der Waals surface area (Å²) >= 11 is 0. The zero-order valence-corrected chi connectivity index (χ0v) is 6.29. The minimum absolute atomic E-state index is 0.137.